The van der Waals surface area contributed by atoms with Crippen molar-refractivity contribution in [2.24, 2.45) is 0 Å². The zero-order valence-corrected chi connectivity index (χ0v) is 13.6. The van der Waals surface area contributed by atoms with E-state index in [0.29, 0.717) is 11.5 Å². The van der Waals surface area contributed by atoms with E-state index < -0.39 is 16.0 Å². The summed E-state index contributed by atoms with van der Waals surface area (Å²) in [5.74, 6) is -0.341. The smallest absolute Gasteiger partial charge is 0.319 e. The molecule has 1 radical (unpaired) electrons. The largest absolute Gasteiger partial charge is 0.497 e. The van der Waals surface area contributed by atoms with E-state index in [4.69, 9.17) is 9.47 Å². The fourth-order valence-corrected chi connectivity index (χ4v) is 2.52. The average Bonchev–Trinajstić information content (AvgIpc) is 2.60. The lowest BCUT2D eigenvalue weighted by molar-refractivity contribution is -0.232. The number of ether oxygens (including phenoxy) is 2. The van der Waals surface area contributed by atoms with E-state index in [9.17, 15) is 18.4 Å². The lowest BCUT2D eigenvalue weighted by Gasteiger charge is -2.14. The average molecular weight is 352 g/mol. The van der Waals surface area contributed by atoms with Crippen molar-refractivity contribution in [1.29, 1.82) is 0 Å². The third kappa shape index (κ3) is 4.02. The number of carbonyl (C=O) groups excluding carboxylic acids is 1. The molecule has 0 unspecified atom stereocenters. The Morgan fingerprint density at radius 3 is 2.29 bits per heavy atom. The Balaban J connectivity index is 2.16. The lowest BCUT2D eigenvalue weighted by Crippen LogP contribution is -2.30. The number of hydroxylamine groups is 2. The molecule has 0 heterocycles. The summed E-state index contributed by atoms with van der Waals surface area (Å²) in [5.41, 5.74) is -0.137. The number of benzene rings is 2. The van der Waals surface area contributed by atoms with Crippen LogP contribution in [0.4, 0.5) is 0 Å². The molecule has 0 saturated heterocycles. The first kappa shape index (κ1) is 17.7. The van der Waals surface area contributed by atoms with Gasteiger partial charge in [-0.2, -0.15) is 8.42 Å². The highest BCUT2D eigenvalue weighted by atomic mass is 32.2. The predicted octanol–water partition coefficient (Wildman–Crippen LogP) is 1.66. The number of carbonyl (C=O) groups is 1. The Morgan fingerprint density at radius 2 is 1.71 bits per heavy atom. The van der Waals surface area contributed by atoms with Gasteiger partial charge in [-0.05, 0) is 48.5 Å². The van der Waals surface area contributed by atoms with Crippen LogP contribution in [0.1, 0.15) is 10.4 Å². The Bertz CT molecular complexity index is 818. The van der Waals surface area contributed by atoms with Gasteiger partial charge in [-0.1, -0.05) is 5.23 Å². The van der Waals surface area contributed by atoms with Crippen LogP contribution >= 0.6 is 0 Å². The van der Waals surface area contributed by atoms with Crippen LogP contribution in [0.5, 0.6) is 11.5 Å². The minimum atomic E-state index is -4.40. The number of amides is 1. The molecule has 24 heavy (non-hydrogen) atoms. The summed E-state index contributed by atoms with van der Waals surface area (Å²) in [6.45, 7) is 0. The van der Waals surface area contributed by atoms with Crippen molar-refractivity contribution >= 4 is 16.0 Å². The topological polar surface area (TPSA) is 102 Å². The molecule has 2 aromatic rings. The Labute approximate surface area is 138 Å². The first-order chi connectivity index (χ1) is 11.4. The van der Waals surface area contributed by atoms with Crippen molar-refractivity contribution in [3.05, 3.63) is 54.1 Å². The van der Waals surface area contributed by atoms with Crippen molar-refractivity contribution in [3.8, 4) is 11.5 Å². The van der Waals surface area contributed by atoms with Crippen molar-refractivity contribution in [3.63, 3.8) is 0 Å². The highest BCUT2D eigenvalue weighted by Crippen LogP contribution is 2.19. The van der Waals surface area contributed by atoms with Crippen molar-refractivity contribution in [2.45, 2.75) is 4.90 Å². The van der Waals surface area contributed by atoms with Crippen LogP contribution in [0.2, 0.25) is 0 Å². The molecule has 9 heteroatoms. The van der Waals surface area contributed by atoms with Crippen LogP contribution in [-0.2, 0) is 14.4 Å². The van der Waals surface area contributed by atoms with E-state index in [-0.39, 0.29) is 15.7 Å². The van der Waals surface area contributed by atoms with Crippen LogP contribution in [0, 0.1) is 6.07 Å². The van der Waals surface area contributed by atoms with Gasteiger partial charge in [0.2, 0.25) is 0 Å². The molecular weight excluding hydrogens is 338 g/mol. The maximum Gasteiger partial charge on any atom is 0.319 e. The lowest BCUT2D eigenvalue weighted by atomic mass is 10.2. The molecule has 127 valence electrons. The number of hydrogen-bond acceptors (Lipinski definition) is 7. The molecule has 0 atom stereocenters. The van der Waals surface area contributed by atoms with Crippen molar-refractivity contribution in [2.75, 3.05) is 14.2 Å². The monoisotopic (exact) mass is 352 g/mol. The minimum absolute atomic E-state index is 0.137. The van der Waals surface area contributed by atoms with Gasteiger partial charge in [-0.25, -0.2) is 0 Å². The van der Waals surface area contributed by atoms with Gasteiger partial charge in [0, 0.05) is 0 Å². The fourth-order valence-electron chi connectivity index (χ4n) is 1.71. The van der Waals surface area contributed by atoms with E-state index in [1.54, 1.807) is 0 Å². The summed E-state index contributed by atoms with van der Waals surface area (Å²) in [7, 11) is -1.58. The quantitative estimate of drug-likeness (QED) is 0.623. The highest BCUT2D eigenvalue weighted by molar-refractivity contribution is 7.86. The summed E-state index contributed by atoms with van der Waals surface area (Å²) >= 11 is 0. The van der Waals surface area contributed by atoms with E-state index in [2.05, 4.69) is 10.4 Å². The molecule has 0 aliphatic rings. The number of hydrogen-bond donors (Lipinski definition) is 1. The minimum Gasteiger partial charge on any atom is -0.497 e. The molecule has 0 fully saturated rings. The van der Waals surface area contributed by atoms with Gasteiger partial charge >= 0.3 is 16.0 Å². The summed E-state index contributed by atoms with van der Waals surface area (Å²) < 4.78 is 38.3. The van der Waals surface area contributed by atoms with E-state index in [1.807, 2.05) is 0 Å². The maximum absolute atomic E-state index is 12.0. The number of methoxy groups -OCH3 is 2. The predicted molar refractivity (Wildman–Crippen MR) is 81.1 cm³/mol. The molecule has 2 aromatic carbocycles. The Hall–Kier alpha value is -2.62. The second-order valence-electron chi connectivity index (χ2n) is 4.42. The van der Waals surface area contributed by atoms with E-state index >= 15 is 0 Å². The zero-order valence-electron chi connectivity index (χ0n) is 12.8. The number of rotatable bonds is 6. The second kappa shape index (κ2) is 7.30. The zero-order chi connectivity index (χ0) is 17.7. The SMILES string of the molecule is COc1ccc(S(=O)(=O)ON(O)C(=O)c2[c]ccc(OC)c2)cc1. The third-order valence-corrected chi connectivity index (χ3v) is 4.12. The molecule has 1 N–H and O–H groups in total. The molecule has 0 aliphatic heterocycles. The summed E-state index contributed by atoms with van der Waals surface area (Å²) in [4.78, 5) is 11.7. The van der Waals surface area contributed by atoms with E-state index in [1.165, 1.54) is 56.7 Å². The second-order valence-corrected chi connectivity index (χ2v) is 5.95. The first-order valence-corrected chi connectivity index (χ1v) is 7.96. The summed E-state index contributed by atoms with van der Waals surface area (Å²) in [5, 5.41) is 9.26. The highest BCUT2D eigenvalue weighted by Gasteiger charge is 2.25. The van der Waals surface area contributed by atoms with Gasteiger partial charge in [-0.3, -0.25) is 10.0 Å². The van der Waals surface area contributed by atoms with Crippen LogP contribution in [0.15, 0.2) is 47.4 Å². The maximum atomic E-state index is 12.0. The van der Waals surface area contributed by atoms with Gasteiger partial charge in [-0.15, -0.1) is 4.28 Å². The molecule has 8 nitrogen and oxygen atoms in total. The molecule has 0 aliphatic carbocycles. The van der Waals surface area contributed by atoms with Crippen molar-refractivity contribution in [1.82, 2.24) is 5.23 Å². The molecule has 0 aromatic heterocycles. The summed E-state index contributed by atoms with van der Waals surface area (Å²) in [6, 6.07) is 12.0. The van der Waals surface area contributed by atoms with Gasteiger partial charge in [0.15, 0.2) is 0 Å². The third-order valence-electron chi connectivity index (χ3n) is 2.93. The number of nitrogens with zero attached hydrogens (tertiary/aromatic N) is 1. The Kier molecular flexibility index (Phi) is 5.39. The molecule has 2 rings (SSSR count). The van der Waals surface area contributed by atoms with Gasteiger partial charge in [0.25, 0.3) is 0 Å². The van der Waals surface area contributed by atoms with Gasteiger partial charge < -0.3 is 9.47 Å². The Morgan fingerprint density at radius 1 is 1.08 bits per heavy atom. The van der Waals surface area contributed by atoms with Gasteiger partial charge in [0.1, 0.15) is 11.5 Å². The van der Waals surface area contributed by atoms with Crippen LogP contribution < -0.4 is 9.47 Å². The molecular formula is C15H14NO7S. The van der Waals surface area contributed by atoms with E-state index in [0.717, 1.165) is 0 Å². The fraction of sp³-hybridized carbons (Fsp3) is 0.133. The molecule has 1 amide bonds. The first-order valence-electron chi connectivity index (χ1n) is 6.55. The summed E-state index contributed by atoms with van der Waals surface area (Å²) in [6.07, 6.45) is 0. The standard InChI is InChI=1S/C15H14NO7S/c1-21-12-6-8-14(9-7-12)24(19,20)23-16(18)15(17)11-4-3-5-13(10-11)22-2/h3,5-10,18H,1-2H3. The van der Waals surface area contributed by atoms with Crippen LogP contribution in [0.25, 0.3) is 0 Å². The normalized spacial score (nSPS) is 11.0. The molecule has 0 saturated carbocycles. The molecule has 0 spiro atoms. The van der Waals surface area contributed by atoms with Crippen molar-refractivity contribution < 1.29 is 32.2 Å². The molecule has 0 bridgehead atoms. The van der Waals surface area contributed by atoms with Gasteiger partial charge in [0.05, 0.1) is 24.7 Å². The van der Waals surface area contributed by atoms with Crippen LogP contribution in [-0.4, -0.2) is 39.0 Å². The van der Waals surface area contributed by atoms with Crippen LogP contribution in [0.3, 0.4) is 0 Å².